The number of nitrogens with one attached hydrogen (secondary N) is 1. The first-order valence-electron chi connectivity index (χ1n) is 5.92. The summed E-state index contributed by atoms with van der Waals surface area (Å²) in [6, 6.07) is 4.95. The topological polar surface area (TPSA) is 63.2 Å². The van der Waals surface area contributed by atoms with Crippen molar-refractivity contribution in [3.8, 4) is 0 Å². The standard InChI is InChI=1S/C13H14BrNO3S/c1-9-6-7-11(14)8-12(9)19(17,18)15-13(16)10-4-2-3-5-10/h4,6-8H,2-3,5H2,1H3,(H,15,16). The number of aryl methyl sites for hydroxylation is 1. The third-order valence-electron chi connectivity index (χ3n) is 3.00. The zero-order chi connectivity index (χ0) is 14.0. The molecule has 0 radical (unpaired) electrons. The van der Waals surface area contributed by atoms with Gasteiger partial charge in [-0.05, 0) is 43.9 Å². The minimum absolute atomic E-state index is 0.119. The SMILES string of the molecule is Cc1ccc(Br)cc1S(=O)(=O)NC(=O)C1=CCCC1. The number of rotatable bonds is 3. The summed E-state index contributed by atoms with van der Waals surface area (Å²) in [6.45, 7) is 1.69. The van der Waals surface area contributed by atoms with Crippen molar-refractivity contribution in [2.45, 2.75) is 31.1 Å². The highest BCUT2D eigenvalue weighted by molar-refractivity contribution is 9.10. The molecule has 1 aliphatic carbocycles. The zero-order valence-corrected chi connectivity index (χ0v) is 12.8. The second kappa shape index (κ2) is 5.46. The molecular formula is C13H14BrNO3S. The van der Waals surface area contributed by atoms with Crippen LogP contribution in [0.2, 0.25) is 0 Å². The molecule has 0 atom stereocenters. The van der Waals surface area contributed by atoms with E-state index >= 15 is 0 Å². The van der Waals surface area contributed by atoms with E-state index in [9.17, 15) is 13.2 Å². The fraction of sp³-hybridized carbons (Fsp3) is 0.308. The summed E-state index contributed by atoms with van der Waals surface area (Å²) >= 11 is 3.23. The van der Waals surface area contributed by atoms with Crippen LogP contribution >= 0.6 is 15.9 Å². The number of carbonyl (C=O) groups excluding carboxylic acids is 1. The minimum atomic E-state index is -3.82. The van der Waals surface area contributed by atoms with Crippen molar-refractivity contribution >= 4 is 31.9 Å². The highest BCUT2D eigenvalue weighted by Crippen LogP contribution is 2.22. The predicted octanol–water partition coefficient (Wildman–Crippen LogP) is 2.67. The molecule has 0 saturated heterocycles. The molecule has 1 aliphatic rings. The lowest BCUT2D eigenvalue weighted by atomic mass is 10.2. The average molecular weight is 344 g/mol. The van der Waals surface area contributed by atoms with Crippen molar-refractivity contribution in [2.24, 2.45) is 0 Å². The highest BCUT2D eigenvalue weighted by Gasteiger charge is 2.23. The number of halogens is 1. The first-order chi connectivity index (χ1) is 8.90. The summed E-state index contributed by atoms with van der Waals surface area (Å²) in [7, 11) is -3.82. The second-order valence-electron chi connectivity index (χ2n) is 4.47. The Bertz CT molecular complexity index is 650. The van der Waals surface area contributed by atoms with Gasteiger partial charge in [0, 0.05) is 10.0 Å². The van der Waals surface area contributed by atoms with Crippen LogP contribution < -0.4 is 4.72 Å². The van der Waals surface area contributed by atoms with Gasteiger partial charge in [0.2, 0.25) is 0 Å². The summed E-state index contributed by atoms with van der Waals surface area (Å²) < 4.78 is 27.2. The van der Waals surface area contributed by atoms with E-state index < -0.39 is 15.9 Å². The van der Waals surface area contributed by atoms with Gasteiger partial charge in [-0.15, -0.1) is 0 Å². The fourth-order valence-corrected chi connectivity index (χ4v) is 3.75. The van der Waals surface area contributed by atoms with Crippen LogP contribution in [0.4, 0.5) is 0 Å². The third-order valence-corrected chi connectivity index (χ3v) is 4.97. The normalized spacial score (nSPS) is 15.2. The van der Waals surface area contributed by atoms with Crippen LogP contribution in [0.1, 0.15) is 24.8 Å². The third kappa shape index (κ3) is 3.25. The van der Waals surface area contributed by atoms with Crippen LogP contribution in [-0.2, 0) is 14.8 Å². The Balaban J connectivity index is 2.27. The van der Waals surface area contributed by atoms with Crippen molar-refractivity contribution in [3.05, 3.63) is 39.9 Å². The Morgan fingerprint density at radius 2 is 2.11 bits per heavy atom. The maximum atomic E-state index is 12.2. The average Bonchev–Trinajstić information content (AvgIpc) is 2.85. The lowest BCUT2D eigenvalue weighted by molar-refractivity contribution is -0.115. The van der Waals surface area contributed by atoms with Crippen LogP contribution in [0.3, 0.4) is 0 Å². The van der Waals surface area contributed by atoms with E-state index in [-0.39, 0.29) is 4.90 Å². The molecule has 0 fully saturated rings. The number of sulfonamides is 1. The van der Waals surface area contributed by atoms with Crippen molar-refractivity contribution in [2.75, 3.05) is 0 Å². The van der Waals surface area contributed by atoms with E-state index in [1.807, 2.05) is 0 Å². The van der Waals surface area contributed by atoms with Gasteiger partial charge in [-0.25, -0.2) is 13.1 Å². The molecule has 1 amide bonds. The molecule has 4 nitrogen and oxygen atoms in total. The smallest absolute Gasteiger partial charge is 0.264 e. The molecule has 6 heteroatoms. The van der Waals surface area contributed by atoms with Crippen LogP contribution in [0.5, 0.6) is 0 Å². The minimum Gasteiger partial charge on any atom is -0.269 e. The Kier molecular flexibility index (Phi) is 4.10. The monoisotopic (exact) mass is 343 g/mol. The van der Waals surface area contributed by atoms with Crippen molar-refractivity contribution in [1.82, 2.24) is 4.72 Å². The lowest BCUT2D eigenvalue weighted by Crippen LogP contribution is -2.31. The largest absolute Gasteiger partial charge is 0.269 e. The molecule has 0 aliphatic heterocycles. The van der Waals surface area contributed by atoms with Gasteiger partial charge >= 0.3 is 0 Å². The molecule has 0 aromatic heterocycles. The van der Waals surface area contributed by atoms with Gasteiger partial charge in [-0.1, -0.05) is 28.1 Å². The first-order valence-corrected chi connectivity index (χ1v) is 8.20. The number of allylic oxidation sites excluding steroid dienone is 1. The molecule has 102 valence electrons. The molecule has 0 spiro atoms. The van der Waals surface area contributed by atoms with Crippen LogP contribution in [0, 0.1) is 6.92 Å². The van der Waals surface area contributed by atoms with Crippen LogP contribution in [-0.4, -0.2) is 14.3 Å². The van der Waals surface area contributed by atoms with Gasteiger partial charge < -0.3 is 0 Å². The van der Waals surface area contributed by atoms with E-state index in [0.29, 0.717) is 22.0 Å². The Labute approximate surface area is 121 Å². The van der Waals surface area contributed by atoms with Gasteiger partial charge in [-0.3, -0.25) is 4.79 Å². The van der Waals surface area contributed by atoms with Crippen molar-refractivity contribution in [1.29, 1.82) is 0 Å². The summed E-state index contributed by atoms with van der Waals surface area (Å²) in [5.74, 6) is -0.517. The Morgan fingerprint density at radius 1 is 1.37 bits per heavy atom. The molecule has 0 unspecified atom stereocenters. The van der Waals surface area contributed by atoms with E-state index in [1.165, 1.54) is 6.07 Å². The lowest BCUT2D eigenvalue weighted by Gasteiger charge is -2.10. The van der Waals surface area contributed by atoms with E-state index in [0.717, 1.165) is 12.8 Å². The number of carbonyl (C=O) groups is 1. The molecule has 1 aromatic carbocycles. The van der Waals surface area contributed by atoms with E-state index in [4.69, 9.17) is 0 Å². The van der Waals surface area contributed by atoms with Gasteiger partial charge in [0.1, 0.15) is 0 Å². The number of benzene rings is 1. The maximum Gasteiger partial charge on any atom is 0.264 e. The van der Waals surface area contributed by atoms with E-state index in [1.54, 1.807) is 25.1 Å². The molecule has 0 bridgehead atoms. The van der Waals surface area contributed by atoms with Crippen molar-refractivity contribution in [3.63, 3.8) is 0 Å². The van der Waals surface area contributed by atoms with Gasteiger partial charge in [0.15, 0.2) is 0 Å². The zero-order valence-electron chi connectivity index (χ0n) is 10.4. The quantitative estimate of drug-likeness (QED) is 0.917. The summed E-state index contributed by atoms with van der Waals surface area (Å²) in [5.41, 5.74) is 1.15. The van der Waals surface area contributed by atoms with E-state index in [2.05, 4.69) is 20.7 Å². The Hall–Kier alpha value is -1.14. The second-order valence-corrected chi connectivity index (χ2v) is 7.03. The van der Waals surface area contributed by atoms with Gasteiger partial charge in [-0.2, -0.15) is 0 Å². The highest BCUT2D eigenvalue weighted by atomic mass is 79.9. The molecule has 1 aromatic rings. The predicted molar refractivity (Wildman–Crippen MR) is 76.1 cm³/mol. The number of hydrogen-bond donors (Lipinski definition) is 1. The molecule has 0 saturated carbocycles. The molecular weight excluding hydrogens is 330 g/mol. The number of hydrogen-bond acceptors (Lipinski definition) is 3. The van der Waals surface area contributed by atoms with Crippen LogP contribution in [0.25, 0.3) is 0 Å². The van der Waals surface area contributed by atoms with Crippen molar-refractivity contribution < 1.29 is 13.2 Å². The first kappa shape index (κ1) is 14.3. The molecule has 2 rings (SSSR count). The molecule has 19 heavy (non-hydrogen) atoms. The molecule has 1 N–H and O–H groups in total. The maximum absolute atomic E-state index is 12.2. The summed E-state index contributed by atoms with van der Waals surface area (Å²) in [4.78, 5) is 12.0. The fourth-order valence-electron chi connectivity index (χ4n) is 1.98. The summed E-state index contributed by atoms with van der Waals surface area (Å²) in [5, 5.41) is 0. The summed E-state index contributed by atoms with van der Waals surface area (Å²) in [6.07, 6.45) is 4.16. The number of amides is 1. The Morgan fingerprint density at radius 3 is 2.74 bits per heavy atom. The van der Waals surface area contributed by atoms with Gasteiger partial charge in [0.25, 0.3) is 15.9 Å². The molecule has 0 heterocycles. The van der Waals surface area contributed by atoms with Crippen LogP contribution in [0.15, 0.2) is 39.2 Å². The van der Waals surface area contributed by atoms with Gasteiger partial charge in [0.05, 0.1) is 4.90 Å².